The Morgan fingerprint density at radius 3 is 2.20 bits per heavy atom. The fourth-order valence-electron chi connectivity index (χ4n) is 6.89. The molecule has 4 aromatic rings. The van der Waals surface area contributed by atoms with Crippen LogP contribution in [-0.2, 0) is 20.7 Å². The molecule has 54 heavy (non-hydrogen) atoms. The first-order chi connectivity index (χ1) is 25.9. The summed E-state index contributed by atoms with van der Waals surface area (Å²) in [5.41, 5.74) is 5.29. The van der Waals surface area contributed by atoms with Gasteiger partial charge in [-0.25, -0.2) is 4.79 Å². The number of hydrogen-bond donors (Lipinski definition) is 5. The average Bonchev–Trinajstić information content (AvgIpc) is 3.67. The van der Waals surface area contributed by atoms with Crippen LogP contribution in [0.2, 0.25) is 0 Å². The van der Waals surface area contributed by atoms with E-state index in [2.05, 4.69) is 41.9 Å². The number of rotatable bonds is 12. The summed E-state index contributed by atoms with van der Waals surface area (Å²) in [5.74, 6) is -0.0774. The van der Waals surface area contributed by atoms with Gasteiger partial charge in [0.2, 0.25) is 17.6 Å². The summed E-state index contributed by atoms with van der Waals surface area (Å²) in [7, 11) is 0. The highest BCUT2D eigenvalue weighted by Gasteiger charge is 2.30. The first-order valence-electron chi connectivity index (χ1n) is 18.8. The van der Waals surface area contributed by atoms with Crippen LogP contribution >= 0.6 is 0 Å². The zero-order valence-electron chi connectivity index (χ0n) is 31.4. The monoisotopic (exact) mass is 734 g/mol. The van der Waals surface area contributed by atoms with Gasteiger partial charge in [0, 0.05) is 41.7 Å². The largest absolute Gasteiger partial charge is 0.444 e. The van der Waals surface area contributed by atoms with E-state index in [0.717, 1.165) is 59.9 Å². The SMILES string of the molecule is Cc1cc(C(=O)NC2CCC2)ccc1-c1ccc(C[C@H](NC(=O)C2CCC(CNC(=O)OC(C)(C)C)CC2)C(=O)Nc2ccc(-c3nn[nH]n3)cc2)cc1. The fourth-order valence-corrected chi connectivity index (χ4v) is 6.89. The van der Waals surface area contributed by atoms with Gasteiger partial charge in [-0.2, -0.15) is 5.21 Å². The van der Waals surface area contributed by atoms with E-state index in [1.165, 1.54) is 0 Å². The maximum absolute atomic E-state index is 13.8. The second kappa shape index (κ2) is 17.0. The van der Waals surface area contributed by atoms with Crippen molar-refractivity contribution in [1.82, 2.24) is 36.6 Å². The van der Waals surface area contributed by atoms with Crippen molar-refractivity contribution in [3.63, 3.8) is 0 Å². The van der Waals surface area contributed by atoms with Gasteiger partial charge < -0.3 is 26.0 Å². The van der Waals surface area contributed by atoms with Crippen molar-refractivity contribution in [3.05, 3.63) is 83.4 Å². The normalized spacial score (nSPS) is 17.8. The maximum Gasteiger partial charge on any atom is 0.407 e. The molecule has 2 aliphatic carbocycles. The zero-order chi connectivity index (χ0) is 38.2. The van der Waals surface area contributed by atoms with Gasteiger partial charge >= 0.3 is 6.09 Å². The lowest BCUT2D eigenvalue weighted by atomic mass is 9.81. The second-order valence-electron chi connectivity index (χ2n) is 15.5. The Bertz CT molecular complexity index is 1910. The fraction of sp³-hybridized carbons (Fsp3) is 0.439. The summed E-state index contributed by atoms with van der Waals surface area (Å²) >= 11 is 0. The van der Waals surface area contributed by atoms with E-state index in [1.807, 2.05) is 70.2 Å². The number of hydrogen-bond acceptors (Lipinski definition) is 8. The third-order valence-electron chi connectivity index (χ3n) is 10.2. The molecule has 0 aliphatic heterocycles. The number of anilines is 1. The van der Waals surface area contributed by atoms with Gasteiger partial charge in [0.05, 0.1) is 0 Å². The van der Waals surface area contributed by atoms with E-state index in [9.17, 15) is 19.2 Å². The molecule has 2 saturated carbocycles. The molecule has 1 atom stereocenters. The van der Waals surface area contributed by atoms with Crippen molar-refractivity contribution in [2.45, 2.75) is 96.7 Å². The first-order valence-corrected chi connectivity index (χ1v) is 18.8. The zero-order valence-corrected chi connectivity index (χ0v) is 31.4. The highest BCUT2D eigenvalue weighted by Crippen LogP contribution is 2.30. The molecule has 6 rings (SSSR count). The molecular formula is C41H50N8O5. The molecule has 1 aromatic heterocycles. The summed E-state index contributed by atoms with van der Waals surface area (Å²) in [6.45, 7) is 7.97. The van der Waals surface area contributed by atoms with Gasteiger partial charge in [0.1, 0.15) is 11.6 Å². The number of aromatic nitrogens is 4. The van der Waals surface area contributed by atoms with Crippen molar-refractivity contribution in [3.8, 4) is 22.5 Å². The quantitative estimate of drug-likeness (QED) is 0.115. The molecule has 5 N–H and O–H groups in total. The van der Waals surface area contributed by atoms with Gasteiger partial charge in [0.15, 0.2) is 0 Å². The molecule has 0 spiro atoms. The van der Waals surface area contributed by atoms with Crippen LogP contribution < -0.4 is 21.3 Å². The molecular weight excluding hydrogens is 685 g/mol. The summed E-state index contributed by atoms with van der Waals surface area (Å²) in [5, 5.41) is 26.0. The van der Waals surface area contributed by atoms with E-state index in [0.29, 0.717) is 36.5 Å². The van der Waals surface area contributed by atoms with E-state index in [-0.39, 0.29) is 42.0 Å². The average molecular weight is 735 g/mol. The lowest BCUT2D eigenvalue weighted by Gasteiger charge is -2.29. The van der Waals surface area contributed by atoms with E-state index >= 15 is 0 Å². The van der Waals surface area contributed by atoms with Gasteiger partial charge in [-0.3, -0.25) is 14.4 Å². The van der Waals surface area contributed by atoms with Crippen molar-refractivity contribution in [1.29, 1.82) is 0 Å². The number of tetrazole rings is 1. The molecule has 284 valence electrons. The van der Waals surface area contributed by atoms with E-state index in [4.69, 9.17) is 4.74 Å². The Morgan fingerprint density at radius 2 is 1.59 bits per heavy atom. The van der Waals surface area contributed by atoms with E-state index in [1.54, 1.807) is 24.3 Å². The molecule has 0 radical (unpaired) electrons. The highest BCUT2D eigenvalue weighted by atomic mass is 16.6. The summed E-state index contributed by atoms with van der Waals surface area (Å²) < 4.78 is 5.36. The van der Waals surface area contributed by atoms with Crippen molar-refractivity contribution in [2.24, 2.45) is 11.8 Å². The Morgan fingerprint density at radius 1 is 0.889 bits per heavy atom. The predicted molar refractivity (Wildman–Crippen MR) is 205 cm³/mol. The van der Waals surface area contributed by atoms with Crippen LogP contribution in [0.4, 0.5) is 10.5 Å². The van der Waals surface area contributed by atoms with Gasteiger partial charge in [-0.05, 0) is 142 Å². The number of carbonyl (C=O) groups excluding carboxylic acids is 4. The van der Waals surface area contributed by atoms with Crippen molar-refractivity contribution >= 4 is 29.5 Å². The summed E-state index contributed by atoms with van der Waals surface area (Å²) in [4.78, 5) is 52.3. The Labute approximate surface area is 315 Å². The summed E-state index contributed by atoms with van der Waals surface area (Å²) in [6.07, 6.45) is 5.96. The number of carbonyl (C=O) groups is 4. The summed E-state index contributed by atoms with van der Waals surface area (Å²) in [6, 6.07) is 20.3. The minimum Gasteiger partial charge on any atom is -0.444 e. The highest BCUT2D eigenvalue weighted by molar-refractivity contribution is 5.98. The molecule has 3 aromatic carbocycles. The third kappa shape index (κ3) is 10.3. The minimum atomic E-state index is -0.831. The molecule has 0 saturated heterocycles. The molecule has 2 fully saturated rings. The van der Waals surface area contributed by atoms with Crippen LogP contribution in [0.5, 0.6) is 0 Å². The van der Waals surface area contributed by atoms with Gasteiger partial charge in [0.25, 0.3) is 5.91 Å². The Hall–Kier alpha value is -5.59. The van der Waals surface area contributed by atoms with Crippen LogP contribution in [0.3, 0.4) is 0 Å². The standard InChI is InChI=1S/C41H50N8O5/c1-25-22-31(38(51)43-32-6-5-7-32)18-21-34(25)28-12-8-26(9-13-28)23-35(39(52)44-33-19-16-29(17-20-33)36-46-48-49-47-36)45-37(50)30-14-10-27(11-15-30)24-42-40(53)54-41(2,3)4/h8-9,12-13,16-22,27,30,32,35H,5-7,10-11,14-15,23-24H2,1-4H3,(H,42,53)(H,43,51)(H,44,52)(H,45,50)(H,46,47,48,49)/t27?,30?,35-/m0/s1. The minimum absolute atomic E-state index is 0.0396. The van der Waals surface area contributed by atoms with Crippen LogP contribution in [0.15, 0.2) is 66.7 Å². The molecule has 4 amide bonds. The van der Waals surface area contributed by atoms with E-state index < -0.39 is 17.7 Å². The second-order valence-corrected chi connectivity index (χ2v) is 15.5. The van der Waals surface area contributed by atoms with Crippen LogP contribution in [0, 0.1) is 18.8 Å². The molecule has 0 unspecified atom stereocenters. The number of benzene rings is 3. The first kappa shape index (κ1) is 38.1. The lowest BCUT2D eigenvalue weighted by molar-refractivity contribution is -0.130. The Balaban J connectivity index is 1.10. The van der Waals surface area contributed by atoms with Crippen molar-refractivity contribution in [2.75, 3.05) is 11.9 Å². The van der Waals surface area contributed by atoms with Gasteiger partial charge in [-0.1, -0.05) is 30.3 Å². The molecule has 13 heteroatoms. The third-order valence-corrected chi connectivity index (χ3v) is 10.2. The molecule has 0 bridgehead atoms. The van der Waals surface area contributed by atoms with Gasteiger partial charge in [-0.15, -0.1) is 10.2 Å². The number of nitrogens with one attached hydrogen (secondary N) is 5. The Kier molecular flexibility index (Phi) is 12.0. The number of nitrogens with zero attached hydrogens (tertiary/aromatic N) is 3. The topological polar surface area (TPSA) is 180 Å². The number of alkyl carbamates (subject to hydrolysis) is 1. The number of aromatic amines is 1. The number of aryl methyl sites for hydroxylation is 1. The lowest BCUT2D eigenvalue weighted by Crippen LogP contribution is -2.48. The number of ether oxygens (including phenoxy) is 1. The van der Waals surface area contributed by atoms with Crippen molar-refractivity contribution < 1.29 is 23.9 Å². The predicted octanol–water partition coefficient (Wildman–Crippen LogP) is 6.12. The maximum atomic E-state index is 13.8. The smallest absolute Gasteiger partial charge is 0.407 e. The number of amides is 4. The molecule has 13 nitrogen and oxygen atoms in total. The number of H-pyrrole nitrogens is 1. The van der Waals surface area contributed by atoms with Crippen LogP contribution in [-0.4, -0.2) is 68.7 Å². The van der Waals surface area contributed by atoms with Crippen LogP contribution in [0.25, 0.3) is 22.5 Å². The molecule has 2 aliphatic rings. The van der Waals surface area contributed by atoms with Crippen LogP contribution in [0.1, 0.15) is 87.2 Å². The molecule has 1 heterocycles.